The van der Waals surface area contributed by atoms with Crippen molar-refractivity contribution < 1.29 is 19.1 Å². The zero-order chi connectivity index (χ0) is 18.2. The smallest absolute Gasteiger partial charge is 0.251 e. The van der Waals surface area contributed by atoms with Crippen molar-refractivity contribution in [1.29, 1.82) is 0 Å². The van der Waals surface area contributed by atoms with Crippen molar-refractivity contribution in [3.05, 3.63) is 71.5 Å². The molecule has 0 bridgehead atoms. The van der Waals surface area contributed by atoms with Crippen LogP contribution in [-0.2, 0) is 11.2 Å². The number of halogens is 1. The van der Waals surface area contributed by atoms with Crippen LogP contribution in [0.2, 0.25) is 0 Å². The molecule has 2 rings (SSSR count). The highest BCUT2D eigenvalue weighted by Crippen LogP contribution is 2.09. The third kappa shape index (κ3) is 5.39. The number of aliphatic hydroxyl groups excluding tert-OH is 1. The monoisotopic (exact) mass is 344 g/mol. The fourth-order valence-corrected chi connectivity index (χ4v) is 2.41. The molecule has 0 saturated heterocycles. The summed E-state index contributed by atoms with van der Waals surface area (Å²) < 4.78 is 13.7. The lowest BCUT2D eigenvalue weighted by Crippen LogP contribution is -2.51. The van der Waals surface area contributed by atoms with E-state index in [2.05, 4.69) is 10.6 Å². The minimum Gasteiger partial charge on any atom is -0.394 e. The van der Waals surface area contributed by atoms with Gasteiger partial charge in [0.1, 0.15) is 11.9 Å². The van der Waals surface area contributed by atoms with Gasteiger partial charge in [-0.3, -0.25) is 9.59 Å². The van der Waals surface area contributed by atoms with E-state index in [1.54, 1.807) is 55.5 Å². The molecule has 6 heteroatoms. The molecular weight excluding hydrogens is 323 g/mol. The topological polar surface area (TPSA) is 78.4 Å². The van der Waals surface area contributed by atoms with Crippen LogP contribution in [-0.4, -0.2) is 35.6 Å². The summed E-state index contributed by atoms with van der Waals surface area (Å²) in [5.74, 6) is -1.30. The van der Waals surface area contributed by atoms with E-state index in [0.717, 1.165) is 0 Å². The van der Waals surface area contributed by atoms with E-state index in [-0.39, 0.29) is 11.9 Å². The Morgan fingerprint density at radius 3 is 2.32 bits per heavy atom. The molecule has 3 N–H and O–H groups in total. The first-order valence-corrected chi connectivity index (χ1v) is 8.01. The number of nitrogens with one attached hydrogen (secondary N) is 2. The predicted octanol–water partition coefficient (Wildman–Crippen LogP) is 1.66. The van der Waals surface area contributed by atoms with Gasteiger partial charge >= 0.3 is 0 Å². The number of aliphatic hydroxyl groups is 1. The van der Waals surface area contributed by atoms with Crippen molar-refractivity contribution in [2.24, 2.45) is 0 Å². The molecule has 0 aliphatic carbocycles. The van der Waals surface area contributed by atoms with Crippen molar-refractivity contribution in [2.75, 3.05) is 6.61 Å². The molecule has 2 amide bonds. The number of carbonyl (C=O) groups excluding carboxylic acids is 2. The van der Waals surface area contributed by atoms with Crippen LogP contribution in [0.25, 0.3) is 0 Å². The molecule has 0 spiro atoms. The number of benzene rings is 2. The maximum absolute atomic E-state index is 13.7. The Kier molecular flexibility index (Phi) is 6.65. The van der Waals surface area contributed by atoms with Crippen LogP contribution < -0.4 is 10.6 Å². The minimum absolute atomic E-state index is 0.309. The predicted molar refractivity (Wildman–Crippen MR) is 92.5 cm³/mol. The number of amides is 2. The number of hydrogen-bond acceptors (Lipinski definition) is 3. The first-order valence-electron chi connectivity index (χ1n) is 8.01. The van der Waals surface area contributed by atoms with E-state index in [1.807, 2.05) is 0 Å². The molecule has 0 aliphatic heterocycles. The summed E-state index contributed by atoms with van der Waals surface area (Å²) in [6.07, 6.45) is 0.309. The molecule has 25 heavy (non-hydrogen) atoms. The lowest BCUT2D eigenvalue weighted by atomic mass is 10.1. The zero-order valence-electron chi connectivity index (χ0n) is 13.9. The molecule has 0 fully saturated rings. The molecule has 0 aliphatic rings. The van der Waals surface area contributed by atoms with Crippen LogP contribution in [0, 0.1) is 5.82 Å². The number of carbonyl (C=O) groups is 2. The second-order valence-corrected chi connectivity index (χ2v) is 5.78. The zero-order valence-corrected chi connectivity index (χ0v) is 13.9. The summed E-state index contributed by atoms with van der Waals surface area (Å²) >= 11 is 0. The normalized spacial score (nSPS) is 12.9. The van der Waals surface area contributed by atoms with Crippen molar-refractivity contribution >= 4 is 11.8 Å². The Bertz CT molecular complexity index is 722. The van der Waals surface area contributed by atoms with E-state index in [9.17, 15) is 19.1 Å². The SMILES string of the molecule is C[C@@H](Cc1ccccc1F)NC(=O)[C@@H](CO)NC(=O)c1ccccc1. The maximum Gasteiger partial charge on any atom is 0.251 e. The van der Waals surface area contributed by atoms with E-state index in [1.165, 1.54) is 6.07 Å². The molecule has 0 saturated carbocycles. The van der Waals surface area contributed by atoms with Gasteiger partial charge in [-0.25, -0.2) is 4.39 Å². The summed E-state index contributed by atoms with van der Waals surface area (Å²) in [5.41, 5.74) is 0.886. The molecule has 0 radical (unpaired) electrons. The first kappa shape index (κ1) is 18.6. The van der Waals surface area contributed by atoms with Gasteiger partial charge in [-0.15, -0.1) is 0 Å². The Labute approximate surface area is 145 Å². The summed E-state index contributed by atoms with van der Waals surface area (Å²) in [5, 5.41) is 14.6. The highest BCUT2D eigenvalue weighted by molar-refractivity contribution is 5.97. The van der Waals surface area contributed by atoms with Crippen LogP contribution >= 0.6 is 0 Å². The lowest BCUT2D eigenvalue weighted by molar-refractivity contribution is -0.124. The molecule has 5 nitrogen and oxygen atoms in total. The second kappa shape index (κ2) is 8.94. The Hall–Kier alpha value is -2.73. The summed E-state index contributed by atoms with van der Waals surface area (Å²) in [4.78, 5) is 24.3. The minimum atomic E-state index is -1.07. The average Bonchev–Trinajstić information content (AvgIpc) is 2.62. The van der Waals surface area contributed by atoms with Gasteiger partial charge in [0.2, 0.25) is 5.91 Å². The molecule has 0 unspecified atom stereocenters. The van der Waals surface area contributed by atoms with E-state index in [4.69, 9.17) is 0 Å². The molecule has 0 aromatic heterocycles. The van der Waals surface area contributed by atoms with Crippen LogP contribution in [0.1, 0.15) is 22.8 Å². The van der Waals surface area contributed by atoms with Crippen LogP contribution in [0.4, 0.5) is 4.39 Å². The molecular formula is C19H21FN2O3. The van der Waals surface area contributed by atoms with Crippen molar-refractivity contribution in [3.63, 3.8) is 0 Å². The highest BCUT2D eigenvalue weighted by Gasteiger charge is 2.22. The van der Waals surface area contributed by atoms with Crippen molar-refractivity contribution in [3.8, 4) is 0 Å². The molecule has 2 aromatic rings. The molecule has 2 aromatic carbocycles. The highest BCUT2D eigenvalue weighted by atomic mass is 19.1. The van der Waals surface area contributed by atoms with Gasteiger partial charge in [-0.1, -0.05) is 36.4 Å². The lowest BCUT2D eigenvalue weighted by Gasteiger charge is -2.20. The number of rotatable bonds is 7. The van der Waals surface area contributed by atoms with Crippen molar-refractivity contribution in [2.45, 2.75) is 25.4 Å². The Morgan fingerprint density at radius 1 is 1.04 bits per heavy atom. The van der Waals surface area contributed by atoms with E-state index in [0.29, 0.717) is 17.5 Å². The van der Waals surface area contributed by atoms with Gasteiger partial charge in [0.05, 0.1) is 6.61 Å². The Balaban J connectivity index is 1.93. The second-order valence-electron chi connectivity index (χ2n) is 5.78. The van der Waals surface area contributed by atoms with Gasteiger partial charge in [0.25, 0.3) is 5.91 Å². The summed E-state index contributed by atoms with van der Waals surface area (Å²) in [6.45, 7) is 1.20. The third-order valence-corrected chi connectivity index (χ3v) is 3.71. The van der Waals surface area contributed by atoms with Crippen LogP contribution in [0.15, 0.2) is 54.6 Å². The van der Waals surface area contributed by atoms with Gasteiger partial charge in [-0.05, 0) is 37.1 Å². The quantitative estimate of drug-likeness (QED) is 0.715. The van der Waals surface area contributed by atoms with Crippen LogP contribution in [0.3, 0.4) is 0 Å². The van der Waals surface area contributed by atoms with Gasteiger partial charge in [0, 0.05) is 11.6 Å². The average molecular weight is 344 g/mol. The van der Waals surface area contributed by atoms with Gasteiger partial charge in [0.15, 0.2) is 0 Å². The molecule has 0 heterocycles. The van der Waals surface area contributed by atoms with Gasteiger partial charge in [-0.2, -0.15) is 0 Å². The standard InChI is InChI=1S/C19H21FN2O3/c1-13(11-15-9-5-6-10-16(15)20)21-19(25)17(12-23)22-18(24)14-7-3-2-4-8-14/h2-10,13,17,23H,11-12H2,1H3,(H,21,25)(H,22,24)/t13-,17+/m0/s1. The largest absolute Gasteiger partial charge is 0.394 e. The van der Waals surface area contributed by atoms with Crippen molar-refractivity contribution in [1.82, 2.24) is 10.6 Å². The van der Waals surface area contributed by atoms with Gasteiger partial charge < -0.3 is 15.7 Å². The summed E-state index contributed by atoms with van der Waals surface area (Å²) in [7, 11) is 0. The fraction of sp³-hybridized carbons (Fsp3) is 0.263. The van der Waals surface area contributed by atoms with E-state index >= 15 is 0 Å². The fourth-order valence-electron chi connectivity index (χ4n) is 2.41. The third-order valence-electron chi connectivity index (χ3n) is 3.71. The summed E-state index contributed by atoms with van der Waals surface area (Å²) in [6, 6.07) is 13.3. The van der Waals surface area contributed by atoms with E-state index < -0.39 is 24.5 Å². The molecule has 132 valence electrons. The van der Waals surface area contributed by atoms with Crippen LogP contribution in [0.5, 0.6) is 0 Å². The Morgan fingerprint density at radius 2 is 1.68 bits per heavy atom. The maximum atomic E-state index is 13.7. The number of hydrogen-bond donors (Lipinski definition) is 3. The molecule has 2 atom stereocenters. The first-order chi connectivity index (χ1) is 12.0.